The Hall–Kier alpha value is -3.09. The van der Waals surface area contributed by atoms with Crippen molar-refractivity contribution in [2.45, 2.75) is 6.42 Å². The molecule has 0 bridgehead atoms. The zero-order valence-electron chi connectivity index (χ0n) is 13.9. The summed E-state index contributed by atoms with van der Waals surface area (Å²) >= 11 is 0. The van der Waals surface area contributed by atoms with Gasteiger partial charge in [-0.05, 0) is 48.4 Å². The average Bonchev–Trinajstić information content (AvgIpc) is 2.67. The molecule has 2 N–H and O–H groups in total. The Morgan fingerprint density at radius 3 is 2.44 bits per heavy atom. The van der Waals surface area contributed by atoms with Gasteiger partial charge in [0.2, 0.25) is 0 Å². The summed E-state index contributed by atoms with van der Waals surface area (Å²) in [5.74, 6) is 6.61. The maximum Gasteiger partial charge on any atom is 0.115 e. The molecule has 3 rings (SSSR count). The molecule has 0 unspecified atom stereocenters. The number of phenolic OH excluding ortho intramolecular Hbond substituents is 1. The first-order valence-electron chi connectivity index (χ1n) is 8.30. The average molecular weight is 328 g/mol. The standard InChI is InChI=1S/C22H20N2O/c25-21-12-8-19(9-13-21)14-17-23-15-3-4-18-6-10-20(11-7-18)22-5-1-2-16-24-22/h1-2,5-13,16,23,25H,14-15,17H2. The quantitative estimate of drug-likeness (QED) is 0.555. The highest BCUT2D eigenvalue weighted by molar-refractivity contribution is 5.60. The summed E-state index contributed by atoms with van der Waals surface area (Å²) in [4.78, 5) is 4.34. The molecule has 0 aliphatic rings. The van der Waals surface area contributed by atoms with Crippen LogP contribution in [-0.4, -0.2) is 23.2 Å². The third-order valence-electron chi connectivity index (χ3n) is 3.82. The van der Waals surface area contributed by atoms with Crippen LogP contribution in [0.1, 0.15) is 11.1 Å². The minimum Gasteiger partial charge on any atom is -0.508 e. The van der Waals surface area contributed by atoms with Gasteiger partial charge < -0.3 is 10.4 Å². The van der Waals surface area contributed by atoms with Crippen molar-refractivity contribution >= 4 is 0 Å². The van der Waals surface area contributed by atoms with Crippen LogP contribution in [0.4, 0.5) is 0 Å². The van der Waals surface area contributed by atoms with Gasteiger partial charge in [-0.2, -0.15) is 0 Å². The van der Waals surface area contributed by atoms with Gasteiger partial charge >= 0.3 is 0 Å². The Morgan fingerprint density at radius 2 is 1.72 bits per heavy atom. The van der Waals surface area contributed by atoms with E-state index < -0.39 is 0 Å². The summed E-state index contributed by atoms with van der Waals surface area (Å²) in [6, 6.07) is 21.3. The molecule has 2 aromatic carbocycles. The van der Waals surface area contributed by atoms with E-state index in [0.29, 0.717) is 12.3 Å². The van der Waals surface area contributed by atoms with Gasteiger partial charge in [-0.25, -0.2) is 0 Å². The Kier molecular flexibility index (Phi) is 5.82. The molecule has 0 spiro atoms. The molecule has 3 nitrogen and oxygen atoms in total. The van der Waals surface area contributed by atoms with Gasteiger partial charge in [0.05, 0.1) is 12.2 Å². The Morgan fingerprint density at radius 1 is 0.920 bits per heavy atom. The number of aromatic nitrogens is 1. The lowest BCUT2D eigenvalue weighted by atomic mass is 10.1. The molecule has 0 atom stereocenters. The number of phenols is 1. The number of pyridine rings is 1. The summed E-state index contributed by atoms with van der Waals surface area (Å²) in [6.45, 7) is 1.51. The van der Waals surface area contributed by atoms with Crippen molar-refractivity contribution in [1.82, 2.24) is 10.3 Å². The van der Waals surface area contributed by atoms with E-state index in [9.17, 15) is 5.11 Å². The summed E-state index contributed by atoms with van der Waals surface area (Å²) in [7, 11) is 0. The van der Waals surface area contributed by atoms with Gasteiger partial charge in [0.1, 0.15) is 5.75 Å². The third kappa shape index (κ3) is 5.20. The van der Waals surface area contributed by atoms with Crippen molar-refractivity contribution in [3.8, 4) is 28.8 Å². The van der Waals surface area contributed by atoms with Crippen molar-refractivity contribution in [1.29, 1.82) is 0 Å². The van der Waals surface area contributed by atoms with E-state index in [4.69, 9.17) is 0 Å². The molecule has 0 aliphatic carbocycles. The lowest BCUT2D eigenvalue weighted by Crippen LogP contribution is -2.17. The van der Waals surface area contributed by atoms with E-state index in [0.717, 1.165) is 29.8 Å². The molecule has 0 fully saturated rings. The van der Waals surface area contributed by atoms with Crippen LogP contribution >= 0.6 is 0 Å². The number of hydrogen-bond donors (Lipinski definition) is 2. The zero-order valence-corrected chi connectivity index (χ0v) is 13.9. The van der Waals surface area contributed by atoms with Crippen molar-refractivity contribution in [2.24, 2.45) is 0 Å². The predicted molar refractivity (Wildman–Crippen MR) is 101 cm³/mol. The zero-order chi connectivity index (χ0) is 17.3. The second-order valence-corrected chi connectivity index (χ2v) is 5.69. The fourth-order valence-electron chi connectivity index (χ4n) is 2.45. The highest BCUT2D eigenvalue weighted by atomic mass is 16.3. The molecule has 1 aromatic heterocycles. The summed E-state index contributed by atoms with van der Waals surface area (Å²) < 4.78 is 0. The lowest BCUT2D eigenvalue weighted by molar-refractivity contribution is 0.475. The van der Waals surface area contributed by atoms with Gasteiger partial charge in [-0.3, -0.25) is 4.98 Å². The van der Waals surface area contributed by atoms with Crippen LogP contribution in [0.2, 0.25) is 0 Å². The Labute approximate surface area is 148 Å². The molecule has 25 heavy (non-hydrogen) atoms. The van der Waals surface area contributed by atoms with E-state index in [2.05, 4.69) is 22.1 Å². The predicted octanol–water partition coefficient (Wildman–Crippen LogP) is 3.64. The molecular weight excluding hydrogens is 308 g/mol. The fourth-order valence-corrected chi connectivity index (χ4v) is 2.45. The maximum atomic E-state index is 9.25. The van der Waals surface area contributed by atoms with Crippen LogP contribution in [0, 0.1) is 11.8 Å². The molecule has 3 heteroatoms. The highest BCUT2D eigenvalue weighted by Gasteiger charge is 1.97. The molecule has 124 valence electrons. The number of aromatic hydroxyl groups is 1. The maximum absolute atomic E-state index is 9.25. The smallest absolute Gasteiger partial charge is 0.115 e. The largest absolute Gasteiger partial charge is 0.508 e. The Bertz CT molecular complexity index is 845. The molecule has 0 saturated heterocycles. The molecular formula is C22H20N2O. The Balaban J connectivity index is 1.45. The van der Waals surface area contributed by atoms with E-state index in [1.165, 1.54) is 5.56 Å². The van der Waals surface area contributed by atoms with Crippen molar-refractivity contribution < 1.29 is 5.11 Å². The summed E-state index contributed by atoms with van der Waals surface area (Å²) in [5, 5.41) is 12.6. The number of nitrogens with one attached hydrogen (secondary N) is 1. The van der Waals surface area contributed by atoms with E-state index in [1.54, 1.807) is 18.3 Å². The SMILES string of the molecule is Oc1ccc(CCNCC#Cc2ccc(-c3ccccn3)cc2)cc1. The second kappa shape index (κ2) is 8.68. The normalized spacial score (nSPS) is 10.1. The van der Waals surface area contributed by atoms with Crippen molar-refractivity contribution in [3.63, 3.8) is 0 Å². The number of hydrogen-bond acceptors (Lipinski definition) is 3. The van der Waals surface area contributed by atoms with Crippen LogP contribution in [0.5, 0.6) is 5.75 Å². The van der Waals surface area contributed by atoms with Crippen LogP contribution in [0.3, 0.4) is 0 Å². The van der Waals surface area contributed by atoms with Crippen molar-refractivity contribution in [3.05, 3.63) is 84.1 Å². The minimum absolute atomic E-state index is 0.302. The van der Waals surface area contributed by atoms with Crippen LogP contribution < -0.4 is 5.32 Å². The molecule has 0 amide bonds. The van der Waals surface area contributed by atoms with Gasteiger partial charge in [0.15, 0.2) is 0 Å². The first-order valence-corrected chi connectivity index (χ1v) is 8.30. The van der Waals surface area contributed by atoms with Crippen molar-refractivity contribution in [2.75, 3.05) is 13.1 Å². The van der Waals surface area contributed by atoms with E-state index in [-0.39, 0.29) is 0 Å². The molecule has 0 saturated carbocycles. The second-order valence-electron chi connectivity index (χ2n) is 5.69. The third-order valence-corrected chi connectivity index (χ3v) is 3.82. The van der Waals surface area contributed by atoms with Gasteiger partial charge in [0, 0.05) is 23.9 Å². The van der Waals surface area contributed by atoms with Gasteiger partial charge in [-0.15, -0.1) is 0 Å². The summed E-state index contributed by atoms with van der Waals surface area (Å²) in [6.07, 6.45) is 2.72. The number of benzene rings is 2. The number of rotatable bonds is 5. The first kappa shape index (κ1) is 16.8. The topological polar surface area (TPSA) is 45.1 Å². The van der Waals surface area contributed by atoms with Crippen LogP contribution in [0.25, 0.3) is 11.3 Å². The first-order chi connectivity index (χ1) is 12.3. The molecule has 1 heterocycles. The molecule has 0 radical (unpaired) electrons. The van der Waals surface area contributed by atoms with E-state index >= 15 is 0 Å². The van der Waals surface area contributed by atoms with Crippen LogP contribution in [-0.2, 0) is 6.42 Å². The van der Waals surface area contributed by atoms with Gasteiger partial charge in [-0.1, -0.05) is 42.2 Å². The lowest BCUT2D eigenvalue weighted by Gasteiger charge is -2.02. The summed E-state index contributed by atoms with van der Waals surface area (Å²) in [5.41, 5.74) is 4.26. The minimum atomic E-state index is 0.302. The monoisotopic (exact) mass is 328 g/mol. The highest BCUT2D eigenvalue weighted by Crippen LogP contribution is 2.16. The van der Waals surface area contributed by atoms with Gasteiger partial charge in [0.25, 0.3) is 0 Å². The van der Waals surface area contributed by atoms with Crippen LogP contribution in [0.15, 0.2) is 72.9 Å². The molecule has 3 aromatic rings. The fraction of sp³-hybridized carbons (Fsp3) is 0.136. The molecule has 0 aliphatic heterocycles. The van der Waals surface area contributed by atoms with E-state index in [1.807, 2.05) is 54.6 Å². The number of nitrogens with zero attached hydrogens (tertiary/aromatic N) is 1.